The zero-order chi connectivity index (χ0) is 19.7. The van der Waals surface area contributed by atoms with Crippen LogP contribution in [0.15, 0.2) is 24.8 Å². The van der Waals surface area contributed by atoms with E-state index in [2.05, 4.69) is 11.5 Å². The van der Waals surface area contributed by atoms with Gasteiger partial charge in [-0.2, -0.15) is 0 Å². The molecule has 0 radical (unpaired) electrons. The number of hydrogen-bond acceptors (Lipinski definition) is 5. The van der Waals surface area contributed by atoms with Crippen LogP contribution in [-0.2, 0) is 11.3 Å². The summed E-state index contributed by atoms with van der Waals surface area (Å²) in [5.74, 6) is -2.49. The lowest BCUT2D eigenvalue weighted by molar-refractivity contribution is 0.0342. The number of carboxylic acids is 2. The Hall–Kier alpha value is -2.90. The first-order chi connectivity index (χ1) is 12.8. The van der Waals surface area contributed by atoms with E-state index < -0.39 is 11.9 Å². The number of morpholine rings is 1. The Bertz CT molecular complexity index is 900. The number of ether oxygens (including phenoxy) is 1. The van der Waals surface area contributed by atoms with Crippen molar-refractivity contribution in [3.05, 3.63) is 47.0 Å². The van der Waals surface area contributed by atoms with E-state index in [0.717, 1.165) is 29.8 Å². The molecule has 3 rings (SSSR count). The van der Waals surface area contributed by atoms with E-state index in [1.54, 1.807) is 6.07 Å². The van der Waals surface area contributed by atoms with Crippen molar-refractivity contribution < 1.29 is 24.5 Å². The molecule has 2 aliphatic carbocycles. The van der Waals surface area contributed by atoms with Crippen LogP contribution in [0.2, 0.25) is 0 Å². The Balaban J connectivity index is 2.28. The standard InChI is InChI=1S/C20H22N2O5/c1-11(2)12-3-4-13(10-22-5-7-27-8-6-22)15-14(9-12)16(19(23)24)18(21)17(15)20(25)26/h3-4,9H,1,5-8,10,21H2,2H3,(H,23,24)(H,25,26). The first kappa shape index (κ1) is 18.9. The van der Waals surface area contributed by atoms with Crippen LogP contribution in [0.5, 0.6) is 0 Å². The van der Waals surface area contributed by atoms with Gasteiger partial charge in [0, 0.05) is 30.8 Å². The zero-order valence-electron chi connectivity index (χ0n) is 15.1. The molecule has 1 saturated heterocycles. The second-order valence-corrected chi connectivity index (χ2v) is 6.69. The second kappa shape index (κ2) is 7.38. The maximum atomic E-state index is 11.9. The fourth-order valence-corrected chi connectivity index (χ4v) is 3.47. The highest BCUT2D eigenvalue weighted by Crippen LogP contribution is 2.42. The minimum Gasteiger partial charge on any atom is -0.478 e. The highest BCUT2D eigenvalue weighted by atomic mass is 16.5. The molecular weight excluding hydrogens is 348 g/mol. The molecule has 0 saturated carbocycles. The molecule has 7 heteroatoms. The number of hydrogen-bond donors (Lipinski definition) is 3. The van der Waals surface area contributed by atoms with E-state index in [4.69, 9.17) is 10.5 Å². The summed E-state index contributed by atoms with van der Waals surface area (Å²) in [6.07, 6.45) is 0. The Morgan fingerprint density at radius 1 is 1.19 bits per heavy atom. The summed E-state index contributed by atoms with van der Waals surface area (Å²) >= 11 is 0. The van der Waals surface area contributed by atoms with Gasteiger partial charge in [0.05, 0.1) is 30.0 Å². The number of carbonyl (C=O) groups is 2. The maximum Gasteiger partial charge on any atom is 0.338 e. The van der Waals surface area contributed by atoms with Gasteiger partial charge >= 0.3 is 11.9 Å². The van der Waals surface area contributed by atoms with Gasteiger partial charge < -0.3 is 20.7 Å². The minimum atomic E-state index is -1.25. The minimum absolute atomic E-state index is 0.158. The predicted octanol–water partition coefficient (Wildman–Crippen LogP) is 2.64. The predicted molar refractivity (Wildman–Crippen MR) is 102 cm³/mol. The van der Waals surface area contributed by atoms with Crippen LogP contribution in [-0.4, -0.2) is 53.4 Å². The van der Waals surface area contributed by atoms with Crippen molar-refractivity contribution in [1.82, 2.24) is 4.90 Å². The van der Waals surface area contributed by atoms with Gasteiger partial charge in [0.25, 0.3) is 0 Å². The molecule has 0 bridgehead atoms. The maximum absolute atomic E-state index is 11.9. The summed E-state index contributed by atoms with van der Waals surface area (Å²) in [7, 11) is 0. The van der Waals surface area contributed by atoms with Gasteiger partial charge in [-0.15, -0.1) is 0 Å². The molecule has 1 fully saturated rings. The smallest absolute Gasteiger partial charge is 0.338 e. The number of nitrogens with zero attached hydrogens (tertiary/aromatic N) is 1. The molecule has 0 aromatic rings. The van der Waals surface area contributed by atoms with E-state index in [0.29, 0.717) is 30.9 Å². The van der Waals surface area contributed by atoms with E-state index in [1.165, 1.54) is 0 Å². The van der Waals surface area contributed by atoms with Gasteiger partial charge in [0.15, 0.2) is 0 Å². The molecular formula is C20H22N2O5. The van der Waals surface area contributed by atoms with Crippen LogP contribution in [0.3, 0.4) is 0 Å². The van der Waals surface area contributed by atoms with E-state index >= 15 is 0 Å². The highest BCUT2D eigenvalue weighted by Gasteiger charge is 2.31. The Morgan fingerprint density at radius 2 is 1.81 bits per heavy atom. The van der Waals surface area contributed by atoms with Crippen molar-refractivity contribution in [2.45, 2.75) is 13.5 Å². The molecule has 0 aromatic carbocycles. The number of rotatable bonds is 5. The Labute approximate surface area is 157 Å². The van der Waals surface area contributed by atoms with Gasteiger partial charge in [0.1, 0.15) is 0 Å². The van der Waals surface area contributed by atoms with Crippen LogP contribution in [0.4, 0.5) is 5.69 Å². The zero-order valence-corrected chi connectivity index (χ0v) is 15.1. The SMILES string of the molecule is C=C(C)c1ccc(CN2CCOCC2)c2c(C(=O)O)c(N)c(C(=O)O)c-2c1. The number of carboxylic acid groups (broad SMARTS) is 2. The first-order valence-corrected chi connectivity index (χ1v) is 8.62. The van der Waals surface area contributed by atoms with Crippen LogP contribution in [0.25, 0.3) is 16.7 Å². The number of fused-ring (bicyclic) bond motifs is 1. The normalized spacial score (nSPS) is 15.0. The van der Waals surface area contributed by atoms with Crippen LogP contribution in [0, 0.1) is 0 Å². The van der Waals surface area contributed by atoms with Crippen molar-refractivity contribution in [3.63, 3.8) is 0 Å². The number of aromatic carboxylic acids is 2. The van der Waals surface area contributed by atoms with Gasteiger partial charge in [0.2, 0.25) is 0 Å². The van der Waals surface area contributed by atoms with Gasteiger partial charge in [-0.3, -0.25) is 4.90 Å². The summed E-state index contributed by atoms with van der Waals surface area (Å²) in [6, 6.07) is 5.33. The third-order valence-electron chi connectivity index (χ3n) is 4.83. The lowest BCUT2D eigenvalue weighted by Gasteiger charge is -2.27. The number of nitrogens with two attached hydrogens (primary N) is 1. The average Bonchev–Trinajstić information content (AvgIpc) is 2.78. The topological polar surface area (TPSA) is 113 Å². The fraction of sp³-hybridized carbons (Fsp3) is 0.300. The molecule has 0 spiro atoms. The summed E-state index contributed by atoms with van der Waals surface area (Å²) < 4.78 is 5.37. The number of nitrogen functional groups attached to an aromatic ring is 1. The molecule has 7 nitrogen and oxygen atoms in total. The van der Waals surface area contributed by atoms with Crippen LogP contribution < -0.4 is 5.73 Å². The number of allylic oxidation sites excluding steroid dienone is 1. The monoisotopic (exact) mass is 370 g/mol. The quantitative estimate of drug-likeness (QED) is 0.741. The van der Waals surface area contributed by atoms with Crippen molar-refractivity contribution in [2.75, 3.05) is 32.0 Å². The van der Waals surface area contributed by atoms with Crippen LogP contribution in [0.1, 0.15) is 38.8 Å². The molecule has 27 heavy (non-hydrogen) atoms. The third-order valence-corrected chi connectivity index (χ3v) is 4.83. The van der Waals surface area contributed by atoms with Crippen molar-refractivity contribution in [3.8, 4) is 11.1 Å². The van der Waals surface area contributed by atoms with Gasteiger partial charge in [-0.25, -0.2) is 9.59 Å². The summed E-state index contributed by atoms with van der Waals surface area (Å²) in [5.41, 5.74) is 8.31. The molecule has 0 aromatic heterocycles. The first-order valence-electron chi connectivity index (χ1n) is 8.62. The van der Waals surface area contributed by atoms with Crippen molar-refractivity contribution in [1.29, 1.82) is 0 Å². The lowest BCUT2D eigenvalue weighted by atomic mass is 10.0. The summed E-state index contributed by atoms with van der Waals surface area (Å²) in [4.78, 5) is 25.9. The average molecular weight is 370 g/mol. The molecule has 142 valence electrons. The van der Waals surface area contributed by atoms with Crippen molar-refractivity contribution in [2.24, 2.45) is 0 Å². The Morgan fingerprint density at radius 3 is 2.37 bits per heavy atom. The summed E-state index contributed by atoms with van der Waals surface area (Å²) in [6.45, 7) is 8.87. The van der Waals surface area contributed by atoms with Gasteiger partial charge in [-0.05, 0) is 24.1 Å². The molecule has 4 N–H and O–H groups in total. The third kappa shape index (κ3) is 3.51. The Kier molecular flexibility index (Phi) is 5.16. The largest absolute Gasteiger partial charge is 0.478 e. The molecule has 1 heterocycles. The van der Waals surface area contributed by atoms with Crippen LogP contribution >= 0.6 is 0 Å². The van der Waals surface area contributed by atoms with Crippen molar-refractivity contribution >= 4 is 23.2 Å². The fourth-order valence-electron chi connectivity index (χ4n) is 3.47. The molecule has 1 aliphatic heterocycles. The summed E-state index contributed by atoms with van der Waals surface area (Å²) in [5, 5.41) is 19.4. The molecule has 3 aliphatic rings. The van der Waals surface area contributed by atoms with E-state index in [9.17, 15) is 19.8 Å². The van der Waals surface area contributed by atoms with Gasteiger partial charge in [-0.1, -0.05) is 24.3 Å². The molecule has 0 atom stereocenters. The second-order valence-electron chi connectivity index (χ2n) is 6.69. The molecule has 0 amide bonds. The van der Waals surface area contributed by atoms with E-state index in [-0.39, 0.29) is 16.8 Å². The van der Waals surface area contributed by atoms with E-state index in [1.807, 2.05) is 19.1 Å². The number of anilines is 1. The highest BCUT2D eigenvalue weighted by molar-refractivity contribution is 6.15. The lowest BCUT2D eigenvalue weighted by Crippen LogP contribution is -2.35. The molecule has 0 unspecified atom stereocenters.